The third-order valence-corrected chi connectivity index (χ3v) is 3.13. The van der Waals surface area contributed by atoms with Gasteiger partial charge in [0.25, 0.3) is 0 Å². The molecule has 0 atom stereocenters. The van der Waals surface area contributed by atoms with E-state index in [9.17, 15) is 0 Å². The molecule has 5 heteroatoms. The van der Waals surface area contributed by atoms with Crippen molar-refractivity contribution in [2.45, 2.75) is 0 Å². The molecule has 0 saturated carbocycles. The van der Waals surface area contributed by atoms with Crippen LogP contribution >= 0.6 is 0 Å². The zero-order valence-corrected chi connectivity index (χ0v) is 9.46. The number of ether oxygens (including phenoxy) is 2. The molecule has 0 spiro atoms. The van der Waals surface area contributed by atoms with Crippen molar-refractivity contribution in [1.29, 1.82) is 0 Å². The molecule has 1 aromatic carbocycles. The first kappa shape index (κ1) is 7.92. The summed E-state index contributed by atoms with van der Waals surface area (Å²) in [6.07, 6.45) is 3.66. The molecule has 0 aliphatic carbocycles. The van der Waals surface area contributed by atoms with Gasteiger partial charge >= 0.3 is 0 Å². The van der Waals surface area contributed by atoms with Crippen molar-refractivity contribution in [2.75, 3.05) is 24.7 Å². The lowest BCUT2D eigenvalue weighted by Gasteiger charge is -2.21. The average Bonchev–Trinajstić information content (AvgIpc) is 2.96. The summed E-state index contributed by atoms with van der Waals surface area (Å²) in [7, 11) is 0. The van der Waals surface area contributed by atoms with Crippen LogP contribution in [0.25, 0.3) is 0 Å². The highest BCUT2D eigenvalue weighted by molar-refractivity contribution is 6.15. The molecule has 0 radical (unpaired) electrons. The summed E-state index contributed by atoms with van der Waals surface area (Å²) in [6, 6.07) is 5.35. The number of rotatable bonds is 1. The lowest BCUT2D eigenvalue weighted by Crippen LogP contribution is -2.28. The summed E-state index contributed by atoms with van der Waals surface area (Å²) in [6.45, 7) is -0.711. The van der Waals surface area contributed by atoms with E-state index in [1.165, 1.54) is 0 Å². The maximum atomic E-state index is 7.46. The van der Waals surface area contributed by atoms with Gasteiger partial charge in [0.05, 0.1) is 6.54 Å². The van der Waals surface area contributed by atoms with E-state index in [4.69, 9.17) is 12.2 Å². The van der Waals surface area contributed by atoms with Crippen molar-refractivity contribution in [1.82, 2.24) is 0 Å². The molecule has 0 fully saturated rings. The fraction of sp³-hybridized carbons (Fsp3) is 0.231. The molecule has 0 unspecified atom stereocenters. The topological polar surface area (TPSA) is 46.4 Å². The van der Waals surface area contributed by atoms with Crippen LogP contribution in [0.3, 0.4) is 0 Å². The van der Waals surface area contributed by atoms with Crippen LogP contribution in [-0.2, 0) is 0 Å². The number of anilines is 1. The number of hydrogen-bond donors (Lipinski definition) is 0. The van der Waals surface area contributed by atoms with E-state index < -0.39 is 6.75 Å². The van der Waals surface area contributed by atoms with E-state index >= 15 is 0 Å². The number of hydrogen-bond acceptors (Lipinski definition) is 5. The standard InChI is InChI=1S/C13H11N3O2/c1-2-11-12(18-8-17-11)5-10(1)16-4-3-9-6-14-7-15-13(9)16/h1-3,5,7H,4,6,8H2/i8D2. The average molecular weight is 243 g/mol. The molecule has 4 rings (SSSR count). The van der Waals surface area contributed by atoms with Gasteiger partial charge in [-0.15, -0.1) is 0 Å². The van der Waals surface area contributed by atoms with E-state index in [1.807, 2.05) is 11.0 Å². The lowest BCUT2D eigenvalue weighted by molar-refractivity contribution is 0.174. The zero-order chi connectivity index (χ0) is 13.7. The van der Waals surface area contributed by atoms with Gasteiger partial charge in [0.15, 0.2) is 11.5 Å². The molecule has 90 valence electrons. The van der Waals surface area contributed by atoms with Crippen LogP contribution in [0.4, 0.5) is 5.69 Å². The monoisotopic (exact) mass is 243 g/mol. The first-order valence-corrected chi connectivity index (χ1v) is 5.67. The van der Waals surface area contributed by atoms with Crippen LogP contribution in [0, 0.1) is 0 Å². The minimum Gasteiger partial charge on any atom is -0.454 e. The van der Waals surface area contributed by atoms with Crippen molar-refractivity contribution >= 4 is 17.9 Å². The Kier molecular flexibility index (Phi) is 1.58. The van der Waals surface area contributed by atoms with Gasteiger partial charge in [0.1, 0.15) is 14.9 Å². The quantitative estimate of drug-likeness (QED) is 0.752. The highest BCUT2D eigenvalue weighted by atomic mass is 16.7. The Morgan fingerprint density at radius 3 is 3.22 bits per heavy atom. The van der Waals surface area contributed by atoms with E-state index in [-0.39, 0.29) is 0 Å². The van der Waals surface area contributed by atoms with Gasteiger partial charge in [-0.3, -0.25) is 4.99 Å². The van der Waals surface area contributed by atoms with Crippen molar-refractivity contribution in [3.63, 3.8) is 0 Å². The number of nitrogens with zero attached hydrogens (tertiary/aromatic N) is 3. The maximum absolute atomic E-state index is 7.46. The molecule has 3 aliphatic heterocycles. The Balaban J connectivity index is 1.69. The third kappa shape index (κ3) is 1.33. The largest absolute Gasteiger partial charge is 0.454 e. The summed E-state index contributed by atoms with van der Waals surface area (Å²) in [5.41, 5.74) is 2.01. The summed E-state index contributed by atoms with van der Waals surface area (Å²) in [5.74, 6) is 1.71. The molecule has 0 N–H and O–H groups in total. The smallest absolute Gasteiger partial charge is 0.231 e. The Hall–Kier alpha value is -2.30. The molecule has 1 aromatic rings. The van der Waals surface area contributed by atoms with Gasteiger partial charge < -0.3 is 14.4 Å². The van der Waals surface area contributed by atoms with Gasteiger partial charge in [-0.05, 0) is 12.1 Å². The molecule has 0 saturated heterocycles. The summed E-state index contributed by atoms with van der Waals surface area (Å²) in [4.78, 5) is 10.5. The second-order valence-electron chi connectivity index (χ2n) is 4.17. The van der Waals surface area contributed by atoms with Gasteiger partial charge in [-0.25, -0.2) is 4.99 Å². The lowest BCUT2D eigenvalue weighted by atomic mass is 10.2. The number of benzene rings is 1. The molecule has 18 heavy (non-hydrogen) atoms. The highest BCUT2D eigenvalue weighted by Gasteiger charge is 2.25. The predicted octanol–water partition coefficient (Wildman–Crippen LogP) is 1.60. The molecule has 0 aromatic heterocycles. The molecule has 0 amide bonds. The zero-order valence-electron chi connectivity index (χ0n) is 11.5. The van der Waals surface area contributed by atoms with E-state index in [0.29, 0.717) is 18.0 Å². The summed E-state index contributed by atoms with van der Waals surface area (Å²) in [5, 5.41) is 0. The van der Waals surface area contributed by atoms with E-state index in [1.54, 1.807) is 18.5 Å². The Labute approximate surface area is 107 Å². The maximum Gasteiger partial charge on any atom is 0.231 e. The van der Waals surface area contributed by atoms with Crippen molar-refractivity contribution < 1.29 is 12.2 Å². The fourth-order valence-electron chi connectivity index (χ4n) is 2.24. The summed E-state index contributed by atoms with van der Waals surface area (Å²) >= 11 is 0. The molecule has 0 bridgehead atoms. The van der Waals surface area contributed by atoms with Crippen LogP contribution < -0.4 is 14.4 Å². The second-order valence-corrected chi connectivity index (χ2v) is 4.17. The Morgan fingerprint density at radius 2 is 2.22 bits per heavy atom. The first-order valence-electron chi connectivity index (χ1n) is 6.67. The Bertz CT molecular complexity index is 682. The predicted molar refractivity (Wildman–Crippen MR) is 68.8 cm³/mol. The SMILES string of the molecule is [2H]C1([2H])Oc2ccc(N3CC=C4CN=CN=C43)cc2O1. The van der Waals surface area contributed by atoms with Crippen molar-refractivity contribution in [3.05, 3.63) is 29.8 Å². The van der Waals surface area contributed by atoms with Crippen LogP contribution in [-0.4, -0.2) is 32.0 Å². The number of aliphatic imine (C=N–C) groups is 2. The highest BCUT2D eigenvalue weighted by Crippen LogP contribution is 2.36. The number of fused-ring (bicyclic) bond motifs is 2. The van der Waals surface area contributed by atoms with Crippen molar-refractivity contribution in [3.8, 4) is 11.5 Å². The van der Waals surface area contributed by atoms with Gasteiger partial charge in [-0.1, -0.05) is 6.08 Å². The van der Waals surface area contributed by atoms with Crippen LogP contribution in [0.2, 0.25) is 0 Å². The molecular formula is C13H11N3O2. The minimum atomic E-state index is -2.09. The second kappa shape index (κ2) is 3.60. The molecule has 3 aliphatic rings. The summed E-state index contributed by atoms with van der Waals surface area (Å²) < 4.78 is 25.1. The van der Waals surface area contributed by atoms with Crippen LogP contribution in [0.5, 0.6) is 11.5 Å². The third-order valence-electron chi connectivity index (χ3n) is 3.13. The van der Waals surface area contributed by atoms with Gasteiger partial charge in [0, 0.05) is 23.9 Å². The first-order chi connectivity index (χ1) is 9.62. The molecular weight excluding hydrogens is 230 g/mol. The van der Waals surface area contributed by atoms with Crippen LogP contribution in [0.15, 0.2) is 39.8 Å². The van der Waals surface area contributed by atoms with Gasteiger partial charge in [-0.2, -0.15) is 0 Å². The van der Waals surface area contributed by atoms with E-state index in [0.717, 1.165) is 23.6 Å². The van der Waals surface area contributed by atoms with E-state index in [2.05, 4.69) is 16.1 Å². The molecule has 5 nitrogen and oxygen atoms in total. The van der Waals surface area contributed by atoms with Gasteiger partial charge in [0.2, 0.25) is 6.75 Å². The fourth-order valence-corrected chi connectivity index (χ4v) is 2.24. The Morgan fingerprint density at radius 1 is 1.28 bits per heavy atom. The van der Waals surface area contributed by atoms with Crippen molar-refractivity contribution in [2.24, 2.45) is 9.98 Å². The molecule has 3 heterocycles. The van der Waals surface area contributed by atoms with Crippen LogP contribution in [0.1, 0.15) is 2.74 Å². The number of amidine groups is 1. The minimum absolute atomic E-state index is 0.408. The normalized spacial score (nSPS) is 24.1.